The summed E-state index contributed by atoms with van der Waals surface area (Å²) in [5.41, 5.74) is 2.93. The van der Waals surface area contributed by atoms with E-state index < -0.39 is 0 Å². The third-order valence-electron chi connectivity index (χ3n) is 8.23. The highest BCUT2D eigenvalue weighted by molar-refractivity contribution is 5.97. The molecule has 0 aromatic heterocycles. The summed E-state index contributed by atoms with van der Waals surface area (Å²) in [7, 11) is 0. The van der Waals surface area contributed by atoms with E-state index in [1.54, 1.807) is 0 Å². The van der Waals surface area contributed by atoms with Crippen molar-refractivity contribution in [3.63, 3.8) is 0 Å². The zero-order chi connectivity index (χ0) is 28.4. The number of unbranched alkanes of at least 4 members (excludes halogenated alkanes) is 2. The second-order valence-electron chi connectivity index (χ2n) is 11.1. The van der Waals surface area contributed by atoms with E-state index in [2.05, 4.69) is 16.3 Å². The quantitative estimate of drug-likeness (QED) is 0.423. The van der Waals surface area contributed by atoms with Crippen molar-refractivity contribution in [3.8, 4) is 5.75 Å². The summed E-state index contributed by atoms with van der Waals surface area (Å²) in [6.45, 7) is 6.03. The average Bonchev–Trinajstić information content (AvgIpc) is 3.01. The van der Waals surface area contributed by atoms with Crippen molar-refractivity contribution in [1.29, 1.82) is 0 Å². The lowest BCUT2D eigenvalue weighted by Crippen LogP contribution is -2.50. The molecule has 5 rings (SSSR count). The maximum atomic E-state index is 13.1. The highest BCUT2D eigenvalue weighted by Crippen LogP contribution is 2.32. The van der Waals surface area contributed by atoms with E-state index in [-0.39, 0.29) is 23.8 Å². The van der Waals surface area contributed by atoms with Crippen molar-refractivity contribution >= 4 is 23.4 Å². The molecule has 0 spiro atoms. The standard InChI is InChI=1S/C32H42N4O5/c37-30(24-34-19-22-40-23-20-34)33-16-4-1-5-21-41-28-11-8-26(9-12-28)32(39)35-17-14-27(15-18-35)36-29-7-3-2-6-25(29)10-13-31(36)38/h2-3,6-9,11-12,27H,1,4-5,10,13-24H2,(H,33,37). The molecule has 0 bridgehead atoms. The van der Waals surface area contributed by atoms with Crippen LogP contribution in [0.2, 0.25) is 0 Å². The molecule has 3 aliphatic heterocycles. The van der Waals surface area contributed by atoms with Crippen molar-refractivity contribution in [2.24, 2.45) is 0 Å². The van der Waals surface area contributed by atoms with Crippen LogP contribution in [0.3, 0.4) is 0 Å². The summed E-state index contributed by atoms with van der Waals surface area (Å²) in [6, 6.07) is 15.7. The van der Waals surface area contributed by atoms with Crippen LogP contribution < -0.4 is 15.0 Å². The van der Waals surface area contributed by atoms with Crippen molar-refractivity contribution in [2.75, 3.05) is 64.0 Å². The molecule has 0 saturated carbocycles. The highest BCUT2D eigenvalue weighted by Gasteiger charge is 2.33. The summed E-state index contributed by atoms with van der Waals surface area (Å²) < 4.78 is 11.2. The number of amides is 3. The number of likely N-dealkylation sites (tertiary alicyclic amines) is 1. The molecule has 9 nitrogen and oxygen atoms in total. The van der Waals surface area contributed by atoms with Crippen LogP contribution in [0.15, 0.2) is 48.5 Å². The van der Waals surface area contributed by atoms with Gasteiger partial charge in [-0.15, -0.1) is 0 Å². The normalized spacial score (nSPS) is 18.2. The van der Waals surface area contributed by atoms with Crippen LogP contribution in [0.25, 0.3) is 0 Å². The monoisotopic (exact) mass is 562 g/mol. The number of nitrogens with one attached hydrogen (secondary N) is 1. The summed E-state index contributed by atoms with van der Waals surface area (Å²) in [5.74, 6) is 1.04. The van der Waals surface area contributed by atoms with Gasteiger partial charge in [0.25, 0.3) is 5.91 Å². The number of hydrogen-bond acceptors (Lipinski definition) is 6. The molecule has 0 unspecified atom stereocenters. The van der Waals surface area contributed by atoms with Gasteiger partial charge in [-0.3, -0.25) is 19.3 Å². The Morgan fingerprint density at radius 1 is 0.902 bits per heavy atom. The van der Waals surface area contributed by atoms with E-state index in [9.17, 15) is 14.4 Å². The van der Waals surface area contributed by atoms with Gasteiger partial charge in [-0.1, -0.05) is 18.2 Å². The lowest BCUT2D eigenvalue weighted by molar-refractivity contribution is -0.123. The van der Waals surface area contributed by atoms with Gasteiger partial charge >= 0.3 is 0 Å². The third kappa shape index (κ3) is 7.86. The van der Waals surface area contributed by atoms with E-state index in [1.807, 2.05) is 52.3 Å². The maximum Gasteiger partial charge on any atom is 0.253 e. The maximum absolute atomic E-state index is 13.1. The molecule has 1 N–H and O–H groups in total. The fraction of sp³-hybridized carbons (Fsp3) is 0.531. The Labute approximate surface area is 242 Å². The van der Waals surface area contributed by atoms with Crippen molar-refractivity contribution in [1.82, 2.24) is 15.1 Å². The van der Waals surface area contributed by atoms with Crippen molar-refractivity contribution < 1.29 is 23.9 Å². The van der Waals surface area contributed by atoms with Gasteiger partial charge in [-0.25, -0.2) is 0 Å². The van der Waals surface area contributed by atoms with Crippen LogP contribution in [0, 0.1) is 0 Å². The molecule has 9 heteroatoms. The van der Waals surface area contributed by atoms with Gasteiger partial charge in [-0.2, -0.15) is 0 Å². The predicted octanol–water partition coefficient (Wildman–Crippen LogP) is 3.27. The first-order chi connectivity index (χ1) is 20.1. The fourth-order valence-electron chi connectivity index (χ4n) is 5.90. The van der Waals surface area contributed by atoms with E-state index >= 15 is 0 Å². The smallest absolute Gasteiger partial charge is 0.253 e. The van der Waals surface area contributed by atoms with Gasteiger partial charge in [0.2, 0.25) is 11.8 Å². The van der Waals surface area contributed by atoms with Crippen LogP contribution >= 0.6 is 0 Å². The molecule has 0 aliphatic carbocycles. The van der Waals surface area contributed by atoms with E-state index in [1.165, 1.54) is 5.56 Å². The third-order valence-corrected chi connectivity index (χ3v) is 8.23. The molecule has 2 aromatic rings. The Bertz CT molecular complexity index is 1170. The molecule has 3 amide bonds. The number of rotatable bonds is 11. The van der Waals surface area contributed by atoms with Crippen LogP contribution in [0.1, 0.15) is 54.4 Å². The molecule has 0 atom stereocenters. The number of aryl methyl sites for hydroxylation is 1. The summed E-state index contributed by atoms with van der Waals surface area (Å²) in [6.07, 6.45) is 5.71. The molecule has 220 valence electrons. The van der Waals surface area contributed by atoms with Crippen LogP contribution in [-0.2, 0) is 20.7 Å². The average molecular weight is 563 g/mol. The Kier molecular flexibility index (Phi) is 10.3. The minimum absolute atomic E-state index is 0.0241. The van der Waals surface area contributed by atoms with Crippen LogP contribution in [0.4, 0.5) is 5.69 Å². The van der Waals surface area contributed by atoms with Crippen molar-refractivity contribution in [2.45, 2.75) is 51.0 Å². The molecule has 2 fully saturated rings. The number of benzene rings is 2. The number of ether oxygens (including phenoxy) is 2. The minimum Gasteiger partial charge on any atom is -0.494 e. The van der Waals surface area contributed by atoms with Gasteiger partial charge < -0.3 is 24.6 Å². The van der Waals surface area contributed by atoms with Crippen molar-refractivity contribution in [3.05, 3.63) is 59.7 Å². The zero-order valence-electron chi connectivity index (χ0n) is 23.9. The van der Waals surface area contributed by atoms with Crippen LogP contribution in [0.5, 0.6) is 5.75 Å². The summed E-state index contributed by atoms with van der Waals surface area (Å²) in [4.78, 5) is 43.9. The van der Waals surface area contributed by atoms with E-state index in [4.69, 9.17) is 9.47 Å². The minimum atomic E-state index is 0.0241. The number of hydrogen-bond donors (Lipinski definition) is 1. The molecule has 3 heterocycles. The van der Waals surface area contributed by atoms with Gasteiger partial charge in [0.15, 0.2) is 0 Å². The number of anilines is 1. The number of para-hydroxylation sites is 1. The largest absolute Gasteiger partial charge is 0.494 e. The SMILES string of the molecule is O=C(CN1CCOCC1)NCCCCCOc1ccc(C(=O)N2CCC(N3C(=O)CCc4ccccc43)CC2)cc1. The molecule has 41 heavy (non-hydrogen) atoms. The summed E-state index contributed by atoms with van der Waals surface area (Å²) >= 11 is 0. The topological polar surface area (TPSA) is 91.4 Å². The number of carbonyl (C=O) groups is 3. The van der Waals surface area contributed by atoms with Gasteiger partial charge in [-0.05, 0) is 74.4 Å². The second kappa shape index (κ2) is 14.5. The first-order valence-corrected chi connectivity index (χ1v) is 15.1. The van der Waals surface area contributed by atoms with E-state index in [0.29, 0.717) is 58.0 Å². The fourth-order valence-corrected chi connectivity index (χ4v) is 5.90. The molecular formula is C32H42N4O5. The summed E-state index contributed by atoms with van der Waals surface area (Å²) in [5, 5.41) is 2.99. The molecule has 2 saturated heterocycles. The zero-order valence-corrected chi connectivity index (χ0v) is 23.9. The molecular weight excluding hydrogens is 520 g/mol. The highest BCUT2D eigenvalue weighted by atomic mass is 16.5. The lowest BCUT2D eigenvalue weighted by Gasteiger charge is -2.41. The number of nitrogens with zero attached hydrogens (tertiary/aromatic N) is 3. The molecule has 0 radical (unpaired) electrons. The van der Waals surface area contributed by atoms with Gasteiger partial charge in [0.1, 0.15) is 5.75 Å². The van der Waals surface area contributed by atoms with Crippen LogP contribution in [-0.4, -0.2) is 92.7 Å². The predicted molar refractivity (Wildman–Crippen MR) is 157 cm³/mol. The molecule has 2 aromatic carbocycles. The van der Waals surface area contributed by atoms with E-state index in [0.717, 1.165) is 63.1 Å². The number of carbonyl (C=O) groups excluding carboxylic acids is 3. The molecule has 3 aliphatic rings. The Morgan fingerprint density at radius 3 is 2.44 bits per heavy atom. The Morgan fingerprint density at radius 2 is 1.66 bits per heavy atom. The first kappa shape index (κ1) is 29.1. The lowest BCUT2D eigenvalue weighted by atomic mass is 9.95. The number of fused-ring (bicyclic) bond motifs is 1. The van der Waals surface area contributed by atoms with Gasteiger partial charge in [0.05, 0.1) is 26.4 Å². The Hall–Kier alpha value is -3.43. The second-order valence-corrected chi connectivity index (χ2v) is 11.1. The number of piperidine rings is 1. The Balaban J connectivity index is 0.979. The van der Waals surface area contributed by atoms with Gasteiger partial charge in [0, 0.05) is 56.4 Å². The first-order valence-electron chi connectivity index (χ1n) is 15.1. The number of morpholine rings is 1.